The van der Waals surface area contributed by atoms with Crippen LogP contribution >= 0.6 is 0 Å². The molecule has 39 heavy (non-hydrogen) atoms. The third kappa shape index (κ3) is 4.78. The van der Waals surface area contributed by atoms with Gasteiger partial charge in [-0.3, -0.25) is 19.9 Å². The second-order valence-electron chi connectivity index (χ2n) is 9.42. The molecule has 6 rings (SSSR count). The Hall–Kier alpha value is -5.16. The monoisotopic (exact) mass is 522 g/mol. The van der Waals surface area contributed by atoms with E-state index in [-0.39, 0.29) is 18.2 Å². The van der Waals surface area contributed by atoms with Gasteiger partial charge in [0.15, 0.2) is 5.82 Å². The van der Waals surface area contributed by atoms with Gasteiger partial charge in [0.05, 0.1) is 46.9 Å². The minimum absolute atomic E-state index is 0.141. The van der Waals surface area contributed by atoms with Crippen LogP contribution in [0.2, 0.25) is 0 Å². The number of carbonyl (C=O) groups excluding carboxylic acids is 1. The summed E-state index contributed by atoms with van der Waals surface area (Å²) in [6.07, 6.45) is 4.95. The van der Waals surface area contributed by atoms with Crippen LogP contribution in [-0.4, -0.2) is 66.7 Å². The topological polar surface area (TPSA) is 136 Å². The number of para-hydroxylation sites is 1. The number of likely N-dealkylation sites (N-methyl/N-ethyl adjacent to an activating group) is 1. The summed E-state index contributed by atoms with van der Waals surface area (Å²) in [6.45, 7) is 0.256. The number of aromatic hydroxyl groups is 1. The zero-order valence-corrected chi connectivity index (χ0v) is 21.0. The van der Waals surface area contributed by atoms with Crippen molar-refractivity contribution < 1.29 is 14.3 Å². The van der Waals surface area contributed by atoms with Crippen LogP contribution < -0.4 is 5.32 Å². The maximum absolute atomic E-state index is 14.0. The fourth-order valence-electron chi connectivity index (χ4n) is 4.50. The second-order valence-corrected chi connectivity index (χ2v) is 9.42. The van der Waals surface area contributed by atoms with Crippen LogP contribution in [0.3, 0.4) is 0 Å². The number of nitrogens with zero attached hydrogens (tertiary/aromatic N) is 5. The minimum Gasteiger partial charge on any atom is -0.508 e. The predicted molar refractivity (Wildman–Crippen MR) is 146 cm³/mol. The number of rotatable bonds is 6. The molecule has 0 fully saturated rings. The molecule has 0 radical (unpaired) electrons. The van der Waals surface area contributed by atoms with Crippen LogP contribution in [0.5, 0.6) is 5.75 Å². The SMILES string of the molecule is CN(C)CC(=O)Nc1cncc(-c2cc3c(-c4nc5c(-c6cc(O)cc(F)c6)cccc5[nH]4)n[nH]c3cn2)c1. The number of fused-ring (bicyclic) bond motifs is 2. The fraction of sp³-hybridized carbons (Fsp3) is 0.107. The summed E-state index contributed by atoms with van der Waals surface area (Å²) < 4.78 is 14.0. The summed E-state index contributed by atoms with van der Waals surface area (Å²) in [5, 5.41) is 21.0. The quantitative estimate of drug-likeness (QED) is 0.251. The molecule has 0 aliphatic heterocycles. The first-order valence-electron chi connectivity index (χ1n) is 12.1. The number of phenolic OH excluding ortho intramolecular Hbond substituents is 1. The molecule has 194 valence electrons. The lowest BCUT2D eigenvalue weighted by molar-refractivity contribution is -0.116. The van der Waals surface area contributed by atoms with Gasteiger partial charge in [0.2, 0.25) is 5.91 Å². The molecular weight excluding hydrogens is 499 g/mol. The molecule has 10 nitrogen and oxygen atoms in total. The van der Waals surface area contributed by atoms with E-state index in [4.69, 9.17) is 4.98 Å². The number of H-pyrrole nitrogens is 2. The summed E-state index contributed by atoms with van der Waals surface area (Å²) >= 11 is 0. The highest BCUT2D eigenvalue weighted by atomic mass is 19.1. The van der Waals surface area contributed by atoms with Gasteiger partial charge in [0.25, 0.3) is 0 Å². The first-order chi connectivity index (χ1) is 18.8. The highest BCUT2D eigenvalue weighted by Crippen LogP contribution is 2.34. The molecule has 0 aliphatic carbocycles. The van der Waals surface area contributed by atoms with E-state index in [1.54, 1.807) is 23.5 Å². The van der Waals surface area contributed by atoms with Crippen LogP contribution in [0, 0.1) is 5.82 Å². The van der Waals surface area contributed by atoms with Crippen molar-refractivity contribution in [2.45, 2.75) is 0 Å². The van der Waals surface area contributed by atoms with Gasteiger partial charge in [-0.25, -0.2) is 9.37 Å². The minimum atomic E-state index is -0.535. The van der Waals surface area contributed by atoms with Crippen molar-refractivity contribution in [2.24, 2.45) is 0 Å². The van der Waals surface area contributed by atoms with Crippen molar-refractivity contribution in [3.8, 4) is 39.7 Å². The van der Waals surface area contributed by atoms with E-state index in [9.17, 15) is 14.3 Å². The maximum atomic E-state index is 14.0. The van der Waals surface area contributed by atoms with Crippen molar-refractivity contribution in [3.63, 3.8) is 0 Å². The average molecular weight is 523 g/mol. The number of hydrogen-bond donors (Lipinski definition) is 4. The van der Waals surface area contributed by atoms with E-state index in [0.717, 1.165) is 22.5 Å². The number of aromatic amines is 2. The number of pyridine rings is 2. The van der Waals surface area contributed by atoms with E-state index >= 15 is 0 Å². The lowest BCUT2D eigenvalue weighted by Crippen LogP contribution is -2.27. The smallest absolute Gasteiger partial charge is 0.238 e. The van der Waals surface area contributed by atoms with Gasteiger partial charge < -0.3 is 20.3 Å². The largest absolute Gasteiger partial charge is 0.508 e. The van der Waals surface area contributed by atoms with Crippen molar-refractivity contribution in [1.82, 2.24) is 35.0 Å². The number of benzene rings is 2. The molecule has 11 heteroatoms. The van der Waals surface area contributed by atoms with E-state index in [1.165, 1.54) is 12.1 Å². The first kappa shape index (κ1) is 24.2. The van der Waals surface area contributed by atoms with Crippen LogP contribution in [-0.2, 0) is 4.79 Å². The maximum Gasteiger partial charge on any atom is 0.238 e. The van der Waals surface area contributed by atoms with Gasteiger partial charge in [-0.2, -0.15) is 5.10 Å². The fourth-order valence-corrected chi connectivity index (χ4v) is 4.50. The first-order valence-corrected chi connectivity index (χ1v) is 12.1. The molecule has 0 spiro atoms. The van der Waals surface area contributed by atoms with Crippen LogP contribution in [0.25, 0.3) is 55.8 Å². The molecule has 0 unspecified atom stereocenters. The van der Waals surface area contributed by atoms with Gasteiger partial charge in [0, 0.05) is 28.8 Å². The third-order valence-corrected chi connectivity index (χ3v) is 6.16. The van der Waals surface area contributed by atoms with Crippen molar-refractivity contribution in [1.29, 1.82) is 0 Å². The Morgan fingerprint density at radius 1 is 1.05 bits per heavy atom. The van der Waals surface area contributed by atoms with Crippen LogP contribution in [0.1, 0.15) is 0 Å². The van der Waals surface area contributed by atoms with Crippen molar-refractivity contribution >= 4 is 33.5 Å². The molecule has 4 aromatic heterocycles. The predicted octanol–water partition coefficient (Wildman–Crippen LogP) is 4.58. The Labute approximate surface area is 221 Å². The summed E-state index contributed by atoms with van der Waals surface area (Å²) in [4.78, 5) is 30.9. The Balaban J connectivity index is 1.39. The molecule has 4 N–H and O–H groups in total. The zero-order valence-electron chi connectivity index (χ0n) is 21.0. The van der Waals surface area contributed by atoms with Gasteiger partial charge >= 0.3 is 0 Å². The van der Waals surface area contributed by atoms with Gasteiger partial charge in [0.1, 0.15) is 17.3 Å². The molecule has 6 aromatic rings. The molecule has 0 bridgehead atoms. The van der Waals surface area contributed by atoms with Crippen molar-refractivity contribution in [3.05, 3.63) is 72.9 Å². The molecular formula is C28H23FN8O2. The number of phenols is 1. The summed E-state index contributed by atoms with van der Waals surface area (Å²) in [7, 11) is 3.65. The number of nitrogens with one attached hydrogen (secondary N) is 3. The van der Waals surface area contributed by atoms with E-state index in [0.29, 0.717) is 45.1 Å². The highest BCUT2D eigenvalue weighted by molar-refractivity contribution is 5.98. The molecule has 0 aliphatic rings. The number of imidazole rings is 1. The van der Waals surface area contributed by atoms with Crippen LogP contribution in [0.15, 0.2) is 67.1 Å². The lowest BCUT2D eigenvalue weighted by atomic mass is 10.0. The summed E-state index contributed by atoms with van der Waals surface area (Å²) in [5.41, 5.74) is 5.79. The number of amides is 1. The van der Waals surface area contributed by atoms with Crippen LogP contribution in [0.4, 0.5) is 10.1 Å². The molecule has 1 amide bonds. The Morgan fingerprint density at radius 3 is 2.74 bits per heavy atom. The Morgan fingerprint density at radius 2 is 1.92 bits per heavy atom. The second kappa shape index (κ2) is 9.62. The molecule has 0 atom stereocenters. The Bertz CT molecular complexity index is 1840. The zero-order chi connectivity index (χ0) is 27.1. The number of hydrogen-bond acceptors (Lipinski definition) is 7. The van der Waals surface area contributed by atoms with E-state index < -0.39 is 5.82 Å². The third-order valence-electron chi connectivity index (χ3n) is 6.16. The van der Waals surface area contributed by atoms with Gasteiger partial charge in [-0.1, -0.05) is 12.1 Å². The standard InChI is InChI=1S/C28H23FN8O2/c1-37(2)14-25(39)32-18-7-16(11-30-12-18)23-10-21-24(13-31-23)35-36-27(21)28-33-22-5-3-4-20(26(22)34-28)15-6-17(29)9-19(38)8-15/h3-13,38H,14H2,1-2H3,(H,32,39)(H,33,34)(H,35,36). The van der Waals surface area contributed by atoms with E-state index in [1.807, 2.05) is 44.4 Å². The van der Waals surface area contributed by atoms with Crippen molar-refractivity contribution in [2.75, 3.05) is 26.0 Å². The Kier molecular flexibility index (Phi) is 5.97. The lowest BCUT2D eigenvalue weighted by Gasteiger charge is -2.10. The van der Waals surface area contributed by atoms with E-state index in [2.05, 4.69) is 30.5 Å². The average Bonchev–Trinajstić information content (AvgIpc) is 3.51. The number of aromatic nitrogens is 6. The molecule has 2 aromatic carbocycles. The van der Waals surface area contributed by atoms with Gasteiger partial charge in [-0.05, 0) is 50.0 Å². The highest BCUT2D eigenvalue weighted by Gasteiger charge is 2.17. The molecule has 0 saturated heterocycles. The normalized spacial score (nSPS) is 11.5. The number of anilines is 1. The van der Waals surface area contributed by atoms with Gasteiger partial charge in [-0.15, -0.1) is 0 Å². The molecule has 0 saturated carbocycles. The summed E-state index contributed by atoms with van der Waals surface area (Å²) in [5.74, 6) is -0.319. The number of carbonyl (C=O) groups is 1. The molecule has 4 heterocycles. The summed E-state index contributed by atoms with van der Waals surface area (Å²) in [6, 6.07) is 13.1. The number of halogens is 1.